The fourth-order valence-corrected chi connectivity index (χ4v) is 6.52. The van der Waals surface area contributed by atoms with Gasteiger partial charge in [-0.1, -0.05) is 30.2 Å². The minimum absolute atomic E-state index is 0.0125. The molecule has 0 aromatic heterocycles. The first-order valence-electron chi connectivity index (χ1n) is 11.8. The normalized spacial score (nSPS) is 18.6. The number of rotatable bonds is 10. The van der Waals surface area contributed by atoms with E-state index < -0.39 is 50.6 Å². The second-order valence-electron chi connectivity index (χ2n) is 8.83. The summed E-state index contributed by atoms with van der Waals surface area (Å²) in [4.78, 5) is 50.9. The number of fused-ring (bicyclic) bond motifs is 1. The largest absolute Gasteiger partial charge is 0.296 e. The maximum Gasteiger partial charge on any atom is 0.296 e. The van der Waals surface area contributed by atoms with Crippen molar-refractivity contribution in [2.75, 3.05) is 12.4 Å². The molecule has 2 aromatic carbocycles. The minimum Gasteiger partial charge on any atom is -0.295 e. The lowest BCUT2D eigenvalue weighted by Crippen LogP contribution is -2.54. The molecule has 1 saturated heterocycles. The molecule has 2 heterocycles. The molecule has 0 aliphatic carbocycles. The molecule has 12 heteroatoms. The van der Waals surface area contributed by atoms with E-state index in [2.05, 4.69) is 5.32 Å². The molecule has 0 saturated carbocycles. The number of aryl methyl sites for hydroxylation is 1. The van der Waals surface area contributed by atoms with E-state index in [0.717, 1.165) is 10.5 Å². The molecule has 0 spiro atoms. The van der Waals surface area contributed by atoms with Gasteiger partial charge in [-0.25, -0.2) is 0 Å². The summed E-state index contributed by atoms with van der Waals surface area (Å²) in [6.45, 7) is 1.84. The highest BCUT2D eigenvalue weighted by Gasteiger charge is 2.46. The first kappa shape index (κ1) is 26.8. The summed E-state index contributed by atoms with van der Waals surface area (Å²) in [7, 11) is -5.45. The first-order valence-corrected chi connectivity index (χ1v) is 14.5. The number of imide groups is 2. The van der Waals surface area contributed by atoms with Gasteiger partial charge in [-0.3, -0.25) is 37.8 Å². The quantitative estimate of drug-likeness (QED) is 0.271. The van der Waals surface area contributed by atoms with Crippen molar-refractivity contribution >= 4 is 44.5 Å². The molecule has 2 aliphatic heterocycles. The van der Waals surface area contributed by atoms with Gasteiger partial charge >= 0.3 is 0 Å². The number of nitrogens with zero attached hydrogens (tertiary/aromatic N) is 1. The molecule has 1 N–H and O–H groups in total. The standard InChI is InChI=1S/C25H26N2O8S2/c1-16-8-10-17(11-9-16)37(33,34)35-14-3-2-4-15-36(32)20-7-5-6-18-22(20)25(31)27(24(18)30)19-12-13-21(28)26-23(19)29/h5-11,19H,2-4,12-15H2,1H3,(H,26,28,29). The van der Waals surface area contributed by atoms with E-state index in [1.54, 1.807) is 12.1 Å². The Morgan fingerprint density at radius 3 is 2.43 bits per heavy atom. The lowest BCUT2D eigenvalue weighted by molar-refractivity contribution is -0.136. The van der Waals surface area contributed by atoms with Crippen molar-refractivity contribution in [2.24, 2.45) is 0 Å². The molecule has 4 amide bonds. The maximum absolute atomic E-state index is 13.1. The lowest BCUT2D eigenvalue weighted by atomic mass is 10.0. The molecule has 37 heavy (non-hydrogen) atoms. The fraction of sp³-hybridized carbons (Fsp3) is 0.360. The molecule has 2 unspecified atom stereocenters. The Hall–Kier alpha value is -3.22. The second-order valence-corrected chi connectivity index (χ2v) is 12.0. The van der Waals surface area contributed by atoms with Gasteiger partial charge in [0.25, 0.3) is 21.9 Å². The first-order chi connectivity index (χ1) is 17.6. The lowest BCUT2D eigenvalue weighted by Gasteiger charge is -2.27. The molecule has 2 aromatic rings. The summed E-state index contributed by atoms with van der Waals surface area (Å²) in [6.07, 6.45) is 1.49. The van der Waals surface area contributed by atoms with Gasteiger partial charge in [0.15, 0.2) is 0 Å². The molecular formula is C25H26N2O8S2. The Kier molecular flexibility index (Phi) is 8.00. The Balaban J connectivity index is 1.32. The van der Waals surface area contributed by atoms with Gasteiger partial charge in [-0.2, -0.15) is 8.42 Å². The van der Waals surface area contributed by atoms with Crippen LogP contribution in [-0.2, 0) is 34.7 Å². The predicted molar refractivity (Wildman–Crippen MR) is 133 cm³/mol. The molecule has 196 valence electrons. The van der Waals surface area contributed by atoms with Gasteiger partial charge in [0.1, 0.15) is 6.04 Å². The number of carbonyl (C=O) groups excluding carboxylic acids is 4. The van der Waals surface area contributed by atoms with E-state index in [1.165, 1.54) is 30.3 Å². The van der Waals surface area contributed by atoms with E-state index in [0.29, 0.717) is 19.3 Å². The van der Waals surface area contributed by atoms with E-state index >= 15 is 0 Å². The highest BCUT2D eigenvalue weighted by molar-refractivity contribution is 7.86. The van der Waals surface area contributed by atoms with Crippen molar-refractivity contribution in [3.8, 4) is 0 Å². The van der Waals surface area contributed by atoms with Gasteiger partial charge in [-0.05, 0) is 50.5 Å². The van der Waals surface area contributed by atoms with Crippen molar-refractivity contribution in [1.82, 2.24) is 10.2 Å². The zero-order chi connectivity index (χ0) is 26.7. The predicted octanol–water partition coefficient (Wildman–Crippen LogP) is 2.08. The molecule has 4 rings (SSSR count). The van der Waals surface area contributed by atoms with Crippen LogP contribution in [0.15, 0.2) is 52.3 Å². The van der Waals surface area contributed by atoms with E-state index in [9.17, 15) is 31.8 Å². The smallest absolute Gasteiger partial charge is 0.295 e. The van der Waals surface area contributed by atoms with Gasteiger partial charge < -0.3 is 0 Å². The van der Waals surface area contributed by atoms with Crippen LogP contribution in [0, 0.1) is 6.92 Å². The number of carbonyl (C=O) groups is 4. The Morgan fingerprint density at radius 2 is 1.73 bits per heavy atom. The summed E-state index contributed by atoms with van der Waals surface area (Å²) in [5.74, 6) is -2.33. The second kappa shape index (κ2) is 11.0. The third kappa shape index (κ3) is 5.71. The number of benzene rings is 2. The third-order valence-corrected chi connectivity index (χ3v) is 9.01. The van der Waals surface area contributed by atoms with Crippen molar-refractivity contribution in [3.63, 3.8) is 0 Å². The van der Waals surface area contributed by atoms with Crippen LogP contribution in [0.3, 0.4) is 0 Å². The van der Waals surface area contributed by atoms with Crippen LogP contribution in [-0.4, -0.2) is 59.6 Å². The van der Waals surface area contributed by atoms with E-state index in [4.69, 9.17) is 4.18 Å². The number of nitrogens with one attached hydrogen (secondary N) is 1. The Bertz CT molecular complexity index is 1390. The number of hydrogen-bond acceptors (Lipinski definition) is 8. The van der Waals surface area contributed by atoms with Crippen LogP contribution < -0.4 is 5.32 Å². The van der Waals surface area contributed by atoms with Crippen molar-refractivity contribution in [3.05, 3.63) is 59.2 Å². The minimum atomic E-state index is -3.84. The zero-order valence-electron chi connectivity index (χ0n) is 20.1. The fourth-order valence-electron chi connectivity index (χ4n) is 4.24. The Morgan fingerprint density at radius 1 is 1.00 bits per heavy atom. The Labute approximate surface area is 216 Å². The van der Waals surface area contributed by atoms with Crippen LogP contribution >= 0.6 is 0 Å². The number of amides is 4. The van der Waals surface area contributed by atoms with Crippen LogP contribution in [0.5, 0.6) is 0 Å². The number of unbranched alkanes of at least 4 members (excludes halogenated alkanes) is 2. The van der Waals surface area contributed by atoms with Crippen LogP contribution in [0.2, 0.25) is 0 Å². The van der Waals surface area contributed by atoms with E-state index in [-0.39, 0.29) is 46.1 Å². The summed E-state index contributed by atoms with van der Waals surface area (Å²) in [5, 5.41) is 2.14. The number of hydrogen-bond donors (Lipinski definition) is 1. The molecule has 0 bridgehead atoms. The number of piperidine rings is 1. The molecular weight excluding hydrogens is 520 g/mol. The van der Waals surface area contributed by atoms with Gasteiger partial charge in [-0.15, -0.1) is 0 Å². The molecule has 2 atom stereocenters. The average Bonchev–Trinajstić information content (AvgIpc) is 3.11. The van der Waals surface area contributed by atoms with Crippen molar-refractivity contribution in [2.45, 2.75) is 54.9 Å². The highest BCUT2D eigenvalue weighted by Crippen LogP contribution is 2.31. The monoisotopic (exact) mass is 546 g/mol. The van der Waals surface area contributed by atoms with Gasteiger partial charge in [0, 0.05) is 12.2 Å². The SMILES string of the molecule is Cc1ccc(S(=O)(=O)OCCCCCS(=O)c2cccc3c2C(=O)N(C2CCC(=O)NC2=O)C3=O)cc1. The third-order valence-electron chi connectivity index (χ3n) is 6.20. The molecule has 0 radical (unpaired) electrons. The van der Waals surface area contributed by atoms with Crippen LogP contribution in [0.1, 0.15) is 58.4 Å². The molecule has 2 aliphatic rings. The van der Waals surface area contributed by atoms with Gasteiger partial charge in [0.05, 0.1) is 38.3 Å². The maximum atomic E-state index is 13.1. The van der Waals surface area contributed by atoms with Crippen LogP contribution in [0.25, 0.3) is 0 Å². The van der Waals surface area contributed by atoms with Crippen molar-refractivity contribution in [1.29, 1.82) is 0 Å². The summed E-state index contributed by atoms with van der Waals surface area (Å²) >= 11 is 0. The summed E-state index contributed by atoms with van der Waals surface area (Å²) in [6, 6.07) is 9.76. The van der Waals surface area contributed by atoms with Gasteiger partial charge in [0.2, 0.25) is 11.8 Å². The van der Waals surface area contributed by atoms with E-state index in [1.807, 2.05) is 6.92 Å². The van der Waals surface area contributed by atoms with Crippen LogP contribution in [0.4, 0.5) is 0 Å². The zero-order valence-corrected chi connectivity index (χ0v) is 21.7. The molecule has 1 fully saturated rings. The summed E-state index contributed by atoms with van der Waals surface area (Å²) in [5.41, 5.74) is 1.03. The summed E-state index contributed by atoms with van der Waals surface area (Å²) < 4.78 is 42.6. The topological polar surface area (TPSA) is 144 Å². The highest BCUT2D eigenvalue weighted by atomic mass is 32.2. The van der Waals surface area contributed by atoms with Crippen molar-refractivity contribution < 1.29 is 36.0 Å². The molecule has 10 nitrogen and oxygen atoms in total. The average molecular weight is 547 g/mol.